The van der Waals surface area contributed by atoms with E-state index in [1.807, 2.05) is 6.92 Å². The highest BCUT2D eigenvalue weighted by atomic mass is 35.5. The van der Waals surface area contributed by atoms with Gasteiger partial charge in [-0.3, -0.25) is 10.1 Å². The Balaban J connectivity index is 2.30. The maximum atomic E-state index is 13.7. The molecule has 0 N–H and O–H groups in total. The maximum absolute atomic E-state index is 13.7. The number of ether oxygens (including phenoxy) is 1. The van der Waals surface area contributed by atoms with Crippen LogP contribution in [-0.2, 0) is 6.42 Å². The van der Waals surface area contributed by atoms with Crippen molar-refractivity contribution in [3.8, 4) is 11.6 Å². The first-order chi connectivity index (χ1) is 9.49. The van der Waals surface area contributed by atoms with E-state index in [0.29, 0.717) is 12.2 Å². The van der Waals surface area contributed by atoms with E-state index >= 15 is 0 Å². The summed E-state index contributed by atoms with van der Waals surface area (Å²) in [5.74, 6) is -0.496. The number of non-ortho nitro benzene ring substituents is 1. The molecule has 1 heterocycles. The lowest BCUT2D eigenvalue weighted by molar-refractivity contribution is -0.385. The molecule has 0 saturated heterocycles. The molecule has 1 aromatic heterocycles. The van der Waals surface area contributed by atoms with Crippen molar-refractivity contribution in [2.24, 2.45) is 0 Å². The second kappa shape index (κ2) is 5.79. The van der Waals surface area contributed by atoms with Gasteiger partial charge >= 0.3 is 0 Å². The zero-order chi connectivity index (χ0) is 14.7. The Labute approximate surface area is 118 Å². The molecule has 0 aliphatic heterocycles. The molecule has 0 atom stereocenters. The van der Waals surface area contributed by atoms with Crippen LogP contribution in [0.15, 0.2) is 24.3 Å². The zero-order valence-corrected chi connectivity index (χ0v) is 11.1. The fraction of sp³-hybridized carbons (Fsp3) is 0.167. The van der Waals surface area contributed by atoms with Crippen LogP contribution >= 0.6 is 11.6 Å². The molecule has 6 nitrogen and oxygen atoms in total. The predicted octanol–water partition coefficient (Wildman–Crippen LogP) is 3.53. The molecule has 0 spiro atoms. The van der Waals surface area contributed by atoms with Crippen molar-refractivity contribution in [1.82, 2.24) is 9.97 Å². The average Bonchev–Trinajstić information content (AvgIpc) is 2.40. The number of rotatable bonds is 4. The van der Waals surface area contributed by atoms with E-state index in [4.69, 9.17) is 16.3 Å². The van der Waals surface area contributed by atoms with Crippen molar-refractivity contribution in [3.63, 3.8) is 0 Å². The summed E-state index contributed by atoms with van der Waals surface area (Å²) in [6.07, 6.45) is 0.541. The molecular formula is C12H9ClFN3O3. The highest BCUT2D eigenvalue weighted by Crippen LogP contribution is 2.27. The molecule has 0 saturated carbocycles. The Bertz CT molecular complexity index is 666. The number of nitrogens with zero attached hydrogens (tertiary/aromatic N) is 3. The number of aromatic nitrogens is 2. The third-order valence-corrected chi connectivity index (χ3v) is 2.57. The molecule has 0 bridgehead atoms. The number of hydrogen-bond acceptors (Lipinski definition) is 5. The smallest absolute Gasteiger partial charge is 0.272 e. The zero-order valence-electron chi connectivity index (χ0n) is 10.3. The number of aryl methyl sites for hydroxylation is 1. The van der Waals surface area contributed by atoms with Gasteiger partial charge in [0.2, 0.25) is 5.88 Å². The third kappa shape index (κ3) is 3.18. The molecule has 2 aromatic rings. The molecule has 2 rings (SSSR count). The van der Waals surface area contributed by atoms with E-state index in [2.05, 4.69) is 9.97 Å². The average molecular weight is 298 g/mol. The Hall–Kier alpha value is -2.28. The molecule has 0 aliphatic rings. The van der Waals surface area contributed by atoms with E-state index in [1.54, 1.807) is 0 Å². The highest BCUT2D eigenvalue weighted by molar-refractivity contribution is 6.29. The van der Waals surface area contributed by atoms with Crippen LogP contribution < -0.4 is 4.74 Å². The monoisotopic (exact) mass is 297 g/mol. The maximum Gasteiger partial charge on any atom is 0.272 e. The van der Waals surface area contributed by atoms with Gasteiger partial charge in [0.15, 0.2) is 11.6 Å². The molecule has 8 heteroatoms. The van der Waals surface area contributed by atoms with Crippen LogP contribution in [0.25, 0.3) is 0 Å². The molecule has 0 aliphatic carbocycles. The summed E-state index contributed by atoms with van der Waals surface area (Å²) in [7, 11) is 0. The second-order valence-electron chi connectivity index (χ2n) is 3.77. The molecule has 0 radical (unpaired) electrons. The quantitative estimate of drug-likeness (QED) is 0.490. The topological polar surface area (TPSA) is 78.2 Å². The molecular weight excluding hydrogens is 289 g/mol. The van der Waals surface area contributed by atoms with E-state index in [1.165, 1.54) is 6.07 Å². The number of benzene rings is 1. The Morgan fingerprint density at radius 1 is 1.40 bits per heavy atom. The van der Waals surface area contributed by atoms with E-state index in [9.17, 15) is 14.5 Å². The summed E-state index contributed by atoms with van der Waals surface area (Å²) in [6, 6.07) is 4.41. The van der Waals surface area contributed by atoms with Gasteiger partial charge in [0.05, 0.1) is 11.0 Å². The van der Waals surface area contributed by atoms with E-state index in [0.717, 1.165) is 18.2 Å². The Kier molecular flexibility index (Phi) is 4.09. The summed E-state index contributed by atoms with van der Waals surface area (Å²) in [4.78, 5) is 17.8. The summed E-state index contributed by atoms with van der Waals surface area (Å²) < 4.78 is 18.9. The number of nitro benzene ring substituents is 1. The van der Waals surface area contributed by atoms with Crippen LogP contribution in [0.3, 0.4) is 0 Å². The summed E-state index contributed by atoms with van der Waals surface area (Å²) in [6.45, 7) is 1.84. The van der Waals surface area contributed by atoms with Crippen molar-refractivity contribution < 1.29 is 14.1 Å². The van der Waals surface area contributed by atoms with Crippen molar-refractivity contribution in [1.29, 1.82) is 0 Å². The van der Waals surface area contributed by atoms with Gasteiger partial charge in [0.1, 0.15) is 11.0 Å². The standard InChI is InChI=1S/C12H9ClFN3O3/c1-2-11-15-10(13)6-12(16-11)20-9-4-3-7(17(18)19)5-8(9)14/h3-6H,2H2,1H3. The van der Waals surface area contributed by atoms with E-state index < -0.39 is 10.7 Å². The number of hydrogen-bond donors (Lipinski definition) is 0. The van der Waals surface area contributed by atoms with Crippen LogP contribution in [0.2, 0.25) is 5.15 Å². The fourth-order valence-electron chi connectivity index (χ4n) is 1.45. The molecule has 104 valence electrons. The molecule has 0 unspecified atom stereocenters. The second-order valence-corrected chi connectivity index (χ2v) is 4.16. The lowest BCUT2D eigenvalue weighted by Gasteiger charge is -2.07. The first kappa shape index (κ1) is 14.1. The molecule has 0 fully saturated rings. The summed E-state index contributed by atoms with van der Waals surface area (Å²) in [5, 5.41) is 10.7. The van der Waals surface area contributed by atoms with Gasteiger partial charge in [-0.15, -0.1) is 0 Å². The molecule has 20 heavy (non-hydrogen) atoms. The largest absolute Gasteiger partial charge is 0.436 e. The minimum Gasteiger partial charge on any atom is -0.436 e. The minimum absolute atomic E-state index is 0.0783. The highest BCUT2D eigenvalue weighted by Gasteiger charge is 2.13. The van der Waals surface area contributed by atoms with Gasteiger partial charge in [-0.2, -0.15) is 4.98 Å². The van der Waals surface area contributed by atoms with Crippen molar-refractivity contribution in [2.75, 3.05) is 0 Å². The summed E-state index contributed by atoms with van der Waals surface area (Å²) in [5.41, 5.74) is -0.357. The van der Waals surface area contributed by atoms with Gasteiger partial charge in [-0.1, -0.05) is 18.5 Å². The van der Waals surface area contributed by atoms with Crippen molar-refractivity contribution in [2.45, 2.75) is 13.3 Å². The van der Waals surface area contributed by atoms with Gasteiger partial charge in [-0.05, 0) is 6.07 Å². The SMILES string of the molecule is CCc1nc(Cl)cc(Oc2ccc([N+](=O)[O-])cc2F)n1. The van der Waals surface area contributed by atoms with Crippen LogP contribution in [0.4, 0.5) is 10.1 Å². The normalized spacial score (nSPS) is 10.3. The van der Waals surface area contributed by atoms with Crippen LogP contribution in [0, 0.1) is 15.9 Å². The van der Waals surface area contributed by atoms with Crippen LogP contribution in [0.5, 0.6) is 11.6 Å². The number of nitro groups is 1. The minimum atomic E-state index is -0.855. The summed E-state index contributed by atoms with van der Waals surface area (Å²) >= 11 is 5.79. The molecule has 1 aromatic carbocycles. The van der Waals surface area contributed by atoms with Gasteiger partial charge in [-0.25, -0.2) is 9.37 Å². The van der Waals surface area contributed by atoms with Gasteiger partial charge < -0.3 is 4.74 Å². The van der Waals surface area contributed by atoms with Gasteiger partial charge in [0, 0.05) is 18.6 Å². The fourth-order valence-corrected chi connectivity index (χ4v) is 1.64. The van der Waals surface area contributed by atoms with E-state index in [-0.39, 0.29) is 22.5 Å². The predicted molar refractivity (Wildman–Crippen MR) is 69.5 cm³/mol. The Morgan fingerprint density at radius 3 is 2.75 bits per heavy atom. The van der Waals surface area contributed by atoms with Gasteiger partial charge in [0.25, 0.3) is 5.69 Å². The first-order valence-electron chi connectivity index (χ1n) is 5.65. The molecule has 0 amide bonds. The van der Waals surface area contributed by atoms with Crippen molar-refractivity contribution in [3.05, 3.63) is 51.2 Å². The lowest BCUT2D eigenvalue weighted by atomic mass is 10.3. The Morgan fingerprint density at radius 2 is 2.15 bits per heavy atom. The lowest BCUT2D eigenvalue weighted by Crippen LogP contribution is -1.98. The van der Waals surface area contributed by atoms with Crippen LogP contribution in [0.1, 0.15) is 12.7 Å². The van der Waals surface area contributed by atoms with Crippen LogP contribution in [-0.4, -0.2) is 14.9 Å². The third-order valence-electron chi connectivity index (χ3n) is 2.37. The number of halogens is 2. The van der Waals surface area contributed by atoms with Crippen molar-refractivity contribution >= 4 is 17.3 Å². The first-order valence-corrected chi connectivity index (χ1v) is 6.02.